The van der Waals surface area contributed by atoms with Gasteiger partial charge in [-0.2, -0.15) is 0 Å². The monoisotopic (exact) mass is 362 g/mol. The first-order valence-electron chi connectivity index (χ1n) is 9.05. The normalized spacial score (nSPS) is 22.7. The number of ether oxygens (including phenoxy) is 1. The molecule has 0 bridgehead atoms. The number of benzene rings is 2. The lowest BCUT2D eigenvalue weighted by atomic mass is 9.66. The van der Waals surface area contributed by atoms with E-state index in [4.69, 9.17) is 9.72 Å². The lowest BCUT2D eigenvalue weighted by Gasteiger charge is -2.48. The van der Waals surface area contributed by atoms with E-state index in [0.717, 1.165) is 17.0 Å². The van der Waals surface area contributed by atoms with Crippen molar-refractivity contribution in [1.29, 1.82) is 0 Å². The van der Waals surface area contributed by atoms with Crippen molar-refractivity contribution >= 4 is 28.4 Å². The summed E-state index contributed by atoms with van der Waals surface area (Å²) in [6, 6.07) is 17.4. The first-order valence-corrected chi connectivity index (χ1v) is 10.0. The third-order valence-corrected chi connectivity index (χ3v) is 7.14. The minimum absolute atomic E-state index is 0.0656. The summed E-state index contributed by atoms with van der Waals surface area (Å²) in [5.74, 6) is 2.50. The largest absolute Gasteiger partial charge is 0.497 e. The van der Waals surface area contributed by atoms with Gasteiger partial charge in [-0.25, -0.2) is 4.98 Å². The quantitative estimate of drug-likeness (QED) is 0.628. The highest BCUT2D eigenvalue weighted by atomic mass is 32.2. The van der Waals surface area contributed by atoms with Crippen LogP contribution >= 0.6 is 11.8 Å². The summed E-state index contributed by atoms with van der Waals surface area (Å²) in [7, 11) is 1.73. The highest BCUT2D eigenvalue weighted by Gasteiger charge is 2.46. The van der Waals surface area contributed by atoms with Crippen LogP contribution in [0.15, 0.2) is 53.6 Å². The van der Waals surface area contributed by atoms with Gasteiger partial charge < -0.3 is 10.1 Å². The van der Waals surface area contributed by atoms with Gasteiger partial charge in [0, 0.05) is 28.3 Å². The van der Waals surface area contributed by atoms with Crippen LogP contribution in [0.2, 0.25) is 0 Å². The van der Waals surface area contributed by atoms with Gasteiger partial charge in [-0.15, -0.1) is 11.8 Å². The van der Waals surface area contributed by atoms with Gasteiger partial charge in [-0.05, 0) is 41.3 Å². The molecule has 2 aliphatic rings. The van der Waals surface area contributed by atoms with Crippen molar-refractivity contribution in [3.05, 3.63) is 59.7 Å². The summed E-state index contributed by atoms with van der Waals surface area (Å²) < 4.78 is 5.47. The van der Waals surface area contributed by atoms with E-state index >= 15 is 0 Å². The molecule has 3 heterocycles. The Bertz CT molecular complexity index is 1010. The number of fused-ring (bicyclic) bond motifs is 5. The van der Waals surface area contributed by atoms with Gasteiger partial charge >= 0.3 is 0 Å². The topological polar surface area (TPSA) is 34.1 Å². The maximum absolute atomic E-state index is 5.47. The standard InChI is InChI=1S/C22H22N2OS/c1-22(2)16-11-14(25-3)8-9-19(16)23-20-15-10-13-6-4-5-7-18(13)24-21(15)26-12-17(20)22/h4-11,17,20,23H,12H2,1-3H3/t17-,20-/m1/s1. The minimum Gasteiger partial charge on any atom is -0.497 e. The second kappa shape index (κ2) is 5.65. The number of aromatic nitrogens is 1. The van der Waals surface area contributed by atoms with E-state index in [-0.39, 0.29) is 5.41 Å². The highest BCUT2D eigenvalue weighted by molar-refractivity contribution is 7.99. The lowest BCUT2D eigenvalue weighted by molar-refractivity contribution is 0.291. The van der Waals surface area contributed by atoms with Crippen molar-refractivity contribution in [1.82, 2.24) is 4.98 Å². The van der Waals surface area contributed by atoms with E-state index in [2.05, 4.69) is 61.6 Å². The molecule has 0 saturated carbocycles. The molecule has 2 aliphatic heterocycles. The van der Waals surface area contributed by atoms with Crippen LogP contribution < -0.4 is 10.1 Å². The van der Waals surface area contributed by atoms with Crippen molar-refractivity contribution < 1.29 is 4.74 Å². The maximum atomic E-state index is 5.47. The molecular formula is C22H22N2OS. The number of hydrogen-bond donors (Lipinski definition) is 1. The Hall–Kier alpha value is -2.20. The van der Waals surface area contributed by atoms with E-state index in [0.29, 0.717) is 12.0 Å². The zero-order valence-electron chi connectivity index (χ0n) is 15.2. The number of pyridine rings is 1. The summed E-state index contributed by atoms with van der Waals surface area (Å²) in [4.78, 5) is 4.94. The van der Waals surface area contributed by atoms with Crippen LogP contribution in [0.25, 0.3) is 10.9 Å². The molecule has 1 N–H and O–H groups in total. The van der Waals surface area contributed by atoms with E-state index in [1.54, 1.807) is 7.11 Å². The van der Waals surface area contributed by atoms with E-state index < -0.39 is 0 Å². The third-order valence-electron chi connectivity index (χ3n) is 6.01. The van der Waals surface area contributed by atoms with Crippen LogP contribution in [0.5, 0.6) is 5.75 Å². The van der Waals surface area contributed by atoms with Crippen LogP contribution in [0, 0.1) is 5.92 Å². The molecule has 26 heavy (non-hydrogen) atoms. The van der Waals surface area contributed by atoms with Gasteiger partial charge in [0.05, 0.1) is 18.7 Å². The maximum Gasteiger partial charge on any atom is 0.119 e. The Balaban J connectivity index is 1.67. The Morgan fingerprint density at radius 1 is 1.15 bits per heavy atom. The molecule has 4 heteroatoms. The fourth-order valence-corrected chi connectivity index (χ4v) is 5.88. The summed E-state index contributed by atoms with van der Waals surface area (Å²) in [6.45, 7) is 4.73. The first kappa shape index (κ1) is 16.0. The third kappa shape index (κ3) is 2.25. The molecule has 1 aromatic heterocycles. The Morgan fingerprint density at radius 3 is 2.85 bits per heavy atom. The molecule has 0 saturated heterocycles. The second-order valence-electron chi connectivity index (χ2n) is 7.75. The van der Waals surface area contributed by atoms with Crippen molar-refractivity contribution in [3.8, 4) is 5.75 Å². The molecule has 2 aromatic carbocycles. The number of thioether (sulfide) groups is 1. The summed E-state index contributed by atoms with van der Waals surface area (Å²) >= 11 is 1.89. The zero-order chi connectivity index (χ0) is 17.9. The fraction of sp³-hybridized carbons (Fsp3) is 0.318. The molecule has 3 nitrogen and oxygen atoms in total. The van der Waals surface area contributed by atoms with Crippen molar-refractivity contribution in [3.63, 3.8) is 0 Å². The Labute approximate surface area is 158 Å². The summed E-state index contributed by atoms with van der Waals surface area (Å²) in [6.07, 6.45) is 0. The molecule has 2 atom stereocenters. The molecule has 132 valence electrons. The number of nitrogens with zero attached hydrogens (tertiary/aromatic N) is 1. The van der Waals surface area contributed by atoms with Crippen molar-refractivity contribution in [2.24, 2.45) is 5.92 Å². The van der Waals surface area contributed by atoms with Gasteiger partial charge in [0.1, 0.15) is 10.8 Å². The van der Waals surface area contributed by atoms with Gasteiger partial charge in [0.2, 0.25) is 0 Å². The molecule has 3 aromatic rings. The van der Waals surface area contributed by atoms with Gasteiger partial charge in [0.15, 0.2) is 0 Å². The van der Waals surface area contributed by atoms with Crippen molar-refractivity contribution in [2.45, 2.75) is 30.3 Å². The SMILES string of the molecule is COc1ccc2c(c1)C(C)(C)[C@@H]1CSc3nc4ccccc4cc3[C@H]1N2. The number of methoxy groups -OCH3 is 1. The lowest BCUT2D eigenvalue weighted by Crippen LogP contribution is -2.44. The predicted molar refractivity (Wildman–Crippen MR) is 108 cm³/mol. The number of nitrogens with one attached hydrogen (secondary N) is 1. The van der Waals surface area contributed by atoms with Crippen LogP contribution in [0.4, 0.5) is 5.69 Å². The average molecular weight is 362 g/mol. The number of para-hydroxylation sites is 1. The molecule has 0 aliphatic carbocycles. The van der Waals surface area contributed by atoms with Crippen LogP contribution in [-0.4, -0.2) is 17.8 Å². The second-order valence-corrected chi connectivity index (χ2v) is 8.76. The fourth-order valence-electron chi connectivity index (χ4n) is 4.41. The smallest absolute Gasteiger partial charge is 0.119 e. The molecule has 0 amide bonds. The molecule has 0 unspecified atom stereocenters. The molecule has 0 radical (unpaired) electrons. The van der Waals surface area contributed by atoms with Crippen molar-refractivity contribution in [2.75, 3.05) is 18.2 Å². The summed E-state index contributed by atoms with van der Waals surface area (Å²) in [5.41, 5.74) is 5.03. The van der Waals surface area contributed by atoms with E-state index in [1.165, 1.54) is 27.2 Å². The van der Waals surface area contributed by atoms with Crippen LogP contribution in [0.1, 0.15) is 31.0 Å². The number of anilines is 1. The first-order chi connectivity index (χ1) is 12.6. The zero-order valence-corrected chi connectivity index (χ0v) is 16.1. The van der Waals surface area contributed by atoms with Gasteiger partial charge in [0.25, 0.3) is 0 Å². The van der Waals surface area contributed by atoms with Gasteiger partial charge in [-0.1, -0.05) is 32.0 Å². The average Bonchev–Trinajstić information content (AvgIpc) is 2.66. The molecular weight excluding hydrogens is 340 g/mol. The van der Waals surface area contributed by atoms with Crippen LogP contribution in [0.3, 0.4) is 0 Å². The van der Waals surface area contributed by atoms with Crippen LogP contribution in [-0.2, 0) is 5.41 Å². The summed E-state index contributed by atoms with van der Waals surface area (Å²) in [5, 5.41) is 6.20. The van der Waals surface area contributed by atoms with E-state index in [1.807, 2.05) is 17.8 Å². The number of hydrogen-bond acceptors (Lipinski definition) is 4. The van der Waals surface area contributed by atoms with E-state index in [9.17, 15) is 0 Å². The van der Waals surface area contributed by atoms with Gasteiger partial charge in [-0.3, -0.25) is 0 Å². The molecule has 0 spiro atoms. The number of rotatable bonds is 1. The predicted octanol–water partition coefficient (Wildman–Crippen LogP) is 5.41. The Kier molecular flexibility index (Phi) is 3.48. The molecule has 5 rings (SSSR count). The minimum atomic E-state index is 0.0656. The highest BCUT2D eigenvalue weighted by Crippen LogP contribution is 2.54. The Morgan fingerprint density at radius 2 is 2.00 bits per heavy atom. The molecule has 0 fully saturated rings.